The summed E-state index contributed by atoms with van der Waals surface area (Å²) in [6, 6.07) is 12.7. The molecule has 1 N–H and O–H groups in total. The van der Waals surface area contributed by atoms with E-state index in [-0.39, 0.29) is 18.8 Å². The highest BCUT2D eigenvalue weighted by molar-refractivity contribution is 7.99. The van der Waals surface area contributed by atoms with E-state index < -0.39 is 5.97 Å². The van der Waals surface area contributed by atoms with Crippen molar-refractivity contribution in [3.05, 3.63) is 58.4 Å². The van der Waals surface area contributed by atoms with Crippen molar-refractivity contribution < 1.29 is 19.4 Å². The lowest BCUT2D eigenvalue weighted by Crippen LogP contribution is -2.24. The Morgan fingerprint density at radius 1 is 1.19 bits per heavy atom. The number of thioether (sulfide) groups is 1. The Bertz CT molecular complexity index is 1080. The van der Waals surface area contributed by atoms with Crippen molar-refractivity contribution in [3.8, 4) is 11.5 Å². The number of ether oxygens (including phenoxy) is 2. The van der Waals surface area contributed by atoms with Gasteiger partial charge in [-0.3, -0.25) is 14.2 Å². The molecule has 1 aliphatic rings. The molecule has 2 aromatic carbocycles. The summed E-state index contributed by atoms with van der Waals surface area (Å²) in [7, 11) is 0. The Morgan fingerprint density at radius 3 is 2.85 bits per heavy atom. The molecular weight excluding hydrogens is 368 g/mol. The standard InChI is InChI=1S/C19H16N2O5S/c22-17(23)7-8-27-19-20-14-4-2-1-3-13(14)18(24)21(19)10-12-5-6-15-16(9-12)26-11-25-15/h1-6,9H,7-8,10-11H2,(H,22,23). The molecular formula is C19H16N2O5S. The molecule has 1 aliphatic heterocycles. The van der Waals surface area contributed by atoms with Crippen LogP contribution < -0.4 is 15.0 Å². The topological polar surface area (TPSA) is 90.7 Å². The molecule has 7 nitrogen and oxygen atoms in total. The Labute approximate surface area is 158 Å². The highest BCUT2D eigenvalue weighted by atomic mass is 32.2. The molecule has 0 saturated heterocycles. The third-order valence-corrected chi connectivity index (χ3v) is 5.13. The van der Waals surface area contributed by atoms with Crippen LogP contribution in [0.2, 0.25) is 0 Å². The fourth-order valence-electron chi connectivity index (χ4n) is 2.85. The van der Waals surface area contributed by atoms with Gasteiger partial charge in [-0.05, 0) is 29.8 Å². The largest absolute Gasteiger partial charge is 0.481 e. The van der Waals surface area contributed by atoms with Crippen LogP contribution in [0.4, 0.5) is 0 Å². The first-order valence-electron chi connectivity index (χ1n) is 8.34. The number of rotatable bonds is 6. The molecule has 4 rings (SSSR count). The fraction of sp³-hybridized carbons (Fsp3) is 0.211. The number of fused-ring (bicyclic) bond motifs is 2. The second kappa shape index (κ2) is 7.32. The Hall–Kier alpha value is -3.00. The van der Waals surface area contributed by atoms with Crippen LogP contribution in [-0.2, 0) is 11.3 Å². The first-order valence-corrected chi connectivity index (χ1v) is 9.33. The molecule has 0 bridgehead atoms. The van der Waals surface area contributed by atoms with E-state index in [9.17, 15) is 9.59 Å². The quantitative estimate of drug-likeness (QED) is 0.516. The van der Waals surface area contributed by atoms with Crippen molar-refractivity contribution in [3.63, 3.8) is 0 Å². The first kappa shape index (κ1) is 17.4. The molecule has 0 unspecified atom stereocenters. The Kier molecular flexibility index (Phi) is 4.72. The van der Waals surface area contributed by atoms with Crippen molar-refractivity contribution in [2.75, 3.05) is 12.5 Å². The van der Waals surface area contributed by atoms with Crippen LogP contribution in [0, 0.1) is 0 Å². The summed E-state index contributed by atoms with van der Waals surface area (Å²) in [5.74, 6) is 0.780. The Balaban J connectivity index is 1.73. The first-order chi connectivity index (χ1) is 13.1. The van der Waals surface area contributed by atoms with Crippen molar-refractivity contribution in [1.29, 1.82) is 0 Å². The molecule has 0 amide bonds. The van der Waals surface area contributed by atoms with Crippen molar-refractivity contribution in [1.82, 2.24) is 9.55 Å². The third-order valence-electron chi connectivity index (χ3n) is 4.15. The van der Waals surface area contributed by atoms with Crippen LogP contribution in [-0.4, -0.2) is 33.2 Å². The zero-order chi connectivity index (χ0) is 18.8. The van der Waals surface area contributed by atoms with E-state index in [2.05, 4.69) is 4.98 Å². The van der Waals surface area contributed by atoms with Crippen molar-refractivity contribution in [2.24, 2.45) is 0 Å². The van der Waals surface area contributed by atoms with Crippen LogP contribution in [0.5, 0.6) is 11.5 Å². The van der Waals surface area contributed by atoms with Crippen molar-refractivity contribution >= 4 is 28.6 Å². The van der Waals surface area contributed by atoms with Crippen LogP contribution in [0.15, 0.2) is 52.4 Å². The van der Waals surface area contributed by atoms with Gasteiger partial charge in [0.05, 0.1) is 23.9 Å². The van der Waals surface area contributed by atoms with Gasteiger partial charge in [0.1, 0.15) is 0 Å². The van der Waals surface area contributed by atoms with Gasteiger partial charge in [0.2, 0.25) is 6.79 Å². The van der Waals surface area contributed by atoms with E-state index in [4.69, 9.17) is 14.6 Å². The van der Waals surface area contributed by atoms with Crippen LogP contribution in [0.3, 0.4) is 0 Å². The lowest BCUT2D eigenvalue weighted by Gasteiger charge is -2.13. The number of nitrogens with zero attached hydrogens (tertiary/aromatic N) is 2. The van der Waals surface area contributed by atoms with E-state index in [1.54, 1.807) is 22.8 Å². The number of carboxylic acid groups (broad SMARTS) is 1. The maximum absolute atomic E-state index is 13.0. The fourth-order valence-corrected chi connectivity index (χ4v) is 3.77. The molecule has 2 heterocycles. The summed E-state index contributed by atoms with van der Waals surface area (Å²) < 4.78 is 12.3. The van der Waals surface area contributed by atoms with Crippen LogP contribution in [0.25, 0.3) is 10.9 Å². The smallest absolute Gasteiger partial charge is 0.304 e. The monoisotopic (exact) mass is 384 g/mol. The van der Waals surface area contributed by atoms with Crippen LogP contribution in [0.1, 0.15) is 12.0 Å². The molecule has 0 spiro atoms. The van der Waals surface area contributed by atoms with Gasteiger partial charge < -0.3 is 14.6 Å². The lowest BCUT2D eigenvalue weighted by molar-refractivity contribution is -0.136. The number of hydrogen-bond donors (Lipinski definition) is 1. The predicted octanol–water partition coefficient (Wildman–Crippen LogP) is 2.74. The number of carbonyl (C=O) groups is 1. The van der Waals surface area contributed by atoms with Gasteiger partial charge in [0, 0.05) is 5.75 Å². The van der Waals surface area contributed by atoms with E-state index >= 15 is 0 Å². The third kappa shape index (κ3) is 3.61. The number of carboxylic acids is 1. The van der Waals surface area contributed by atoms with E-state index in [1.165, 1.54) is 11.8 Å². The summed E-state index contributed by atoms with van der Waals surface area (Å²) in [6.45, 7) is 0.495. The SMILES string of the molecule is O=C(O)CCSc1nc2ccccc2c(=O)n1Cc1ccc2c(c1)OCO2. The number of aromatic nitrogens is 2. The highest BCUT2D eigenvalue weighted by Gasteiger charge is 2.16. The van der Waals surface area contributed by atoms with Crippen molar-refractivity contribution in [2.45, 2.75) is 18.1 Å². The van der Waals surface area contributed by atoms with Gasteiger partial charge in [-0.25, -0.2) is 4.98 Å². The minimum absolute atomic E-state index is 0.00259. The summed E-state index contributed by atoms with van der Waals surface area (Å²) >= 11 is 1.26. The number of para-hydroxylation sites is 1. The number of aliphatic carboxylic acids is 1. The molecule has 1 aromatic heterocycles. The second-order valence-corrected chi connectivity index (χ2v) is 7.04. The summed E-state index contributed by atoms with van der Waals surface area (Å²) in [5.41, 5.74) is 1.32. The van der Waals surface area contributed by atoms with Gasteiger partial charge >= 0.3 is 5.97 Å². The van der Waals surface area contributed by atoms with Gasteiger partial charge in [-0.2, -0.15) is 0 Å². The van der Waals surface area contributed by atoms with Gasteiger partial charge in [-0.1, -0.05) is 30.0 Å². The highest BCUT2D eigenvalue weighted by Crippen LogP contribution is 2.33. The van der Waals surface area contributed by atoms with Gasteiger partial charge in [0.15, 0.2) is 16.7 Å². The molecule has 3 aromatic rings. The molecule has 0 saturated carbocycles. The lowest BCUT2D eigenvalue weighted by atomic mass is 10.2. The zero-order valence-electron chi connectivity index (χ0n) is 14.3. The van der Waals surface area contributed by atoms with E-state index in [1.807, 2.05) is 24.3 Å². The van der Waals surface area contributed by atoms with E-state index in [0.717, 1.165) is 5.56 Å². The maximum Gasteiger partial charge on any atom is 0.304 e. The second-order valence-electron chi connectivity index (χ2n) is 5.98. The molecule has 138 valence electrons. The zero-order valence-corrected chi connectivity index (χ0v) is 15.1. The molecule has 0 aliphatic carbocycles. The molecule has 27 heavy (non-hydrogen) atoms. The molecule has 0 radical (unpaired) electrons. The molecule has 0 atom stereocenters. The molecule has 8 heteroatoms. The minimum Gasteiger partial charge on any atom is -0.481 e. The summed E-state index contributed by atoms with van der Waals surface area (Å²) in [5, 5.41) is 9.91. The molecule has 0 fully saturated rings. The number of hydrogen-bond acceptors (Lipinski definition) is 6. The Morgan fingerprint density at radius 2 is 2.00 bits per heavy atom. The summed E-state index contributed by atoms with van der Waals surface area (Å²) in [4.78, 5) is 28.4. The predicted molar refractivity (Wildman–Crippen MR) is 101 cm³/mol. The minimum atomic E-state index is -0.882. The normalized spacial score (nSPS) is 12.4. The van der Waals surface area contributed by atoms with Gasteiger partial charge in [0.25, 0.3) is 5.56 Å². The summed E-state index contributed by atoms with van der Waals surface area (Å²) in [6.07, 6.45) is -0.00259. The van der Waals surface area contributed by atoms with E-state index in [0.29, 0.717) is 39.9 Å². The average Bonchev–Trinajstić information content (AvgIpc) is 3.12. The van der Waals surface area contributed by atoms with Gasteiger partial charge in [-0.15, -0.1) is 0 Å². The van der Waals surface area contributed by atoms with Crippen LogP contribution >= 0.6 is 11.8 Å². The average molecular weight is 384 g/mol. The number of benzene rings is 2. The maximum atomic E-state index is 13.0.